The number of rotatable bonds is 10. The number of carboxylic acid groups (broad SMARTS) is 1. The van der Waals surface area contributed by atoms with Gasteiger partial charge in [-0.05, 0) is 130 Å². The molecule has 2 amide bonds. The summed E-state index contributed by atoms with van der Waals surface area (Å²) in [5.41, 5.74) is 9.93. The average molecular weight is 877 g/mol. The van der Waals surface area contributed by atoms with E-state index in [0.717, 1.165) is 45.2 Å². The number of benzene rings is 4. The number of amides is 2. The van der Waals surface area contributed by atoms with Crippen molar-refractivity contribution in [1.82, 2.24) is 19.8 Å². The minimum absolute atomic E-state index is 0. The Labute approximate surface area is 391 Å². The molecule has 6 rings (SSSR count). The van der Waals surface area contributed by atoms with Crippen molar-refractivity contribution in [3.05, 3.63) is 189 Å². The van der Waals surface area contributed by atoms with Gasteiger partial charge in [0.05, 0.1) is 23.9 Å². The molecule has 15 nitrogen and oxygen atoms in total. The van der Waals surface area contributed by atoms with Gasteiger partial charge in [0.2, 0.25) is 0 Å². The second-order valence-corrected chi connectivity index (χ2v) is 13.2. The molecule has 0 radical (unpaired) electrons. The van der Waals surface area contributed by atoms with Gasteiger partial charge in [-0.25, -0.2) is 9.59 Å². The van der Waals surface area contributed by atoms with Crippen LogP contribution in [0.25, 0.3) is 23.5 Å². The first-order valence-corrected chi connectivity index (χ1v) is 18.7. The van der Waals surface area contributed by atoms with E-state index in [2.05, 4.69) is 27.3 Å². The number of ether oxygens (including phenoxy) is 1. The standard InChI is InChI=1S/C24H24N2O3.C22H20N2O3.2CO2.Na.H2O/c1-16-8-11-20(15-22(16)26-17(2)9-10-18(26)3)23(27)25-13-12-19-6-5-7-21(14-19)24(28)29-4;1-15-8-9-16(2)24(15)20-14-18(10-11-19(20)22(26)27)21(25)23-13-12-17-6-4-3-5-7-17;2*2-1-3;;/h5-15H,1-4H3,(H,25,27);3-14H,1-2H3,(H,23,25)(H,26,27);;;;1H2/q;;;;+1;/p-1/b2*13-12+;;;;. The Bertz CT molecular complexity index is 2620. The molecule has 0 aliphatic heterocycles. The van der Waals surface area contributed by atoms with E-state index >= 15 is 0 Å². The molecule has 0 aliphatic carbocycles. The van der Waals surface area contributed by atoms with E-state index in [1.165, 1.54) is 19.2 Å². The molecule has 0 aliphatic rings. The second-order valence-electron chi connectivity index (χ2n) is 13.2. The van der Waals surface area contributed by atoms with Gasteiger partial charge in [-0.2, -0.15) is 19.2 Å². The second kappa shape index (κ2) is 27.5. The number of esters is 1. The number of aromatic carboxylic acids is 1. The number of nitrogens with one attached hydrogen (secondary N) is 2. The number of hydrogen-bond donors (Lipinski definition) is 3. The fourth-order valence-electron chi connectivity index (χ4n) is 6.17. The predicted octanol–water partition coefficient (Wildman–Crippen LogP) is 4.44. The average Bonchev–Trinajstić information content (AvgIpc) is 3.78. The van der Waals surface area contributed by atoms with Crippen molar-refractivity contribution in [3.8, 4) is 11.4 Å². The third-order valence-corrected chi connectivity index (χ3v) is 9.07. The molecule has 4 aromatic carbocycles. The molecule has 2 heterocycles. The van der Waals surface area contributed by atoms with Crippen molar-refractivity contribution >= 4 is 48.2 Å². The fraction of sp³-hybridized carbons (Fsp3) is 0.125. The molecular formula is C48H45N4NaO11. The molecule has 0 spiro atoms. The molecule has 16 heteroatoms. The van der Waals surface area contributed by atoms with Gasteiger partial charge in [-0.1, -0.05) is 48.5 Å². The SMILES string of the molecule is COC(=O)c1cccc(/C=C/NC(=O)c2ccc(C)c(-n3c(C)ccc3C)c2)c1.Cc1ccc(C)n1-c1cc(C(=O)N/C=C/c2ccccc2)ccc1C(=O)O.O=C=O.O=C=O.[Na+].[OH-]. The van der Waals surface area contributed by atoms with E-state index in [1.54, 1.807) is 48.8 Å². The summed E-state index contributed by atoms with van der Waals surface area (Å²) in [4.78, 5) is 80.8. The number of aryl methyl sites for hydroxylation is 5. The molecule has 4 N–H and O–H groups in total. The quantitative estimate of drug-likeness (QED) is 0.129. The van der Waals surface area contributed by atoms with Crippen molar-refractivity contribution in [2.75, 3.05) is 7.11 Å². The zero-order chi connectivity index (χ0) is 45.8. The van der Waals surface area contributed by atoms with Gasteiger partial charge in [0.25, 0.3) is 11.8 Å². The molecule has 0 unspecified atom stereocenters. The van der Waals surface area contributed by atoms with E-state index in [9.17, 15) is 24.3 Å². The molecule has 324 valence electrons. The summed E-state index contributed by atoms with van der Waals surface area (Å²) in [6, 6.07) is 34.8. The predicted molar refractivity (Wildman–Crippen MR) is 231 cm³/mol. The van der Waals surface area contributed by atoms with Crippen molar-refractivity contribution < 1.29 is 83.2 Å². The van der Waals surface area contributed by atoms with Crippen LogP contribution in [-0.4, -0.2) is 62.9 Å². The number of methoxy groups -OCH3 is 1. The monoisotopic (exact) mass is 876 g/mol. The maximum atomic E-state index is 12.6. The Kier molecular flexibility index (Phi) is 23.4. The number of carbonyl (C=O) groups is 4. The number of carboxylic acids is 1. The van der Waals surface area contributed by atoms with Crippen LogP contribution in [0.3, 0.4) is 0 Å². The Morgan fingerprint density at radius 2 is 1.00 bits per heavy atom. The normalized spacial score (nSPS) is 9.78. The van der Waals surface area contributed by atoms with Crippen LogP contribution in [0.1, 0.15) is 80.9 Å². The van der Waals surface area contributed by atoms with Crippen LogP contribution in [0, 0.1) is 34.6 Å². The molecule has 2 aromatic heterocycles. The smallest absolute Gasteiger partial charge is 0.870 e. The Morgan fingerprint density at radius 1 is 0.562 bits per heavy atom. The topological polar surface area (TPSA) is 230 Å². The van der Waals surface area contributed by atoms with Crippen LogP contribution in [0.4, 0.5) is 0 Å². The summed E-state index contributed by atoms with van der Waals surface area (Å²) in [6.07, 6.45) is 7.18. The van der Waals surface area contributed by atoms with Crippen molar-refractivity contribution in [2.24, 2.45) is 0 Å². The van der Waals surface area contributed by atoms with Crippen molar-refractivity contribution in [1.29, 1.82) is 0 Å². The Balaban J connectivity index is 0.000000555. The fourth-order valence-corrected chi connectivity index (χ4v) is 6.17. The number of hydrogen-bond acceptors (Lipinski definition) is 10. The number of aromatic nitrogens is 2. The van der Waals surface area contributed by atoms with Gasteiger partial charge in [-0.15, -0.1) is 0 Å². The van der Waals surface area contributed by atoms with E-state index < -0.39 is 11.9 Å². The van der Waals surface area contributed by atoms with Crippen LogP contribution < -0.4 is 40.2 Å². The minimum atomic E-state index is -1.03. The zero-order valence-corrected chi connectivity index (χ0v) is 38.2. The van der Waals surface area contributed by atoms with E-state index in [4.69, 9.17) is 23.9 Å². The van der Waals surface area contributed by atoms with Crippen LogP contribution in [0.15, 0.2) is 128 Å². The third kappa shape index (κ3) is 15.5. The molecule has 0 fully saturated rings. The molecular weight excluding hydrogens is 832 g/mol. The van der Waals surface area contributed by atoms with Gasteiger partial charge < -0.3 is 35.1 Å². The van der Waals surface area contributed by atoms with Gasteiger partial charge in [-0.3, -0.25) is 9.59 Å². The first-order valence-electron chi connectivity index (χ1n) is 18.7. The van der Waals surface area contributed by atoms with Crippen LogP contribution in [-0.2, 0) is 23.9 Å². The van der Waals surface area contributed by atoms with Gasteiger partial charge in [0.15, 0.2) is 0 Å². The molecule has 6 aromatic rings. The number of nitrogens with zero attached hydrogens (tertiary/aromatic N) is 2. The zero-order valence-electron chi connectivity index (χ0n) is 36.2. The molecule has 0 bridgehead atoms. The van der Waals surface area contributed by atoms with E-state index in [1.807, 2.05) is 106 Å². The molecule has 0 saturated carbocycles. The maximum absolute atomic E-state index is 12.6. The summed E-state index contributed by atoms with van der Waals surface area (Å²) in [6.45, 7) is 9.92. The molecule has 0 saturated heterocycles. The third-order valence-electron chi connectivity index (χ3n) is 9.07. The molecule has 0 atom stereocenters. The number of carbonyl (C=O) groups excluding carboxylic acids is 7. The van der Waals surface area contributed by atoms with Gasteiger partial charge in [0.1, 0.15) is 0 Å². The Hall–Kier alpha value is -7.48. The van der Waals surface area contributed by atoms with Crippen LogP contribution >= 0.6 is 0 Å². The van der Waals surface area contributed by atoms with Gasteiger partial charge >= 0.3 is 53.8 Å². The summed E-state index contributed by atoms with van der Waals surface area (Å²) in [5, 5.41) is 15.0. The minimum Gasteiger partial charge on any atom is -0.870 e. The van der Waals surface area contributed by atoms with Crippen molar-refractivity contribution in [2.45, 2.75) is 34.6 Å². The Morgan fingerprint density at radius 3 is 1.48 bits per heavy atom. The molecule has 64 heavy (non-hydrogen) atoms. The largest absolute Gasteiger partial charge is 1.00 e. The van der Waals surface area contributed by atoms with Gasteiger partial charge in [0, 0.05) is 52.0 Å². The van der Waals surface area contributed by atoms with E-state index in [-0.39, 0.29) is 64.7 Å². The van der Waals surface area contributed by atoms with Crippen LogP contribution in [0.2, 0.25) is 0 Å². The van der Waals surface area contributed by atoms with E-state index in [0.29, 0.717) is 22.4 Å². The first kappa shape index (κ1) is 54.5. The summed E-state index contributed by atoms with van der Waals surface area (Å²) in [5.74, 6) is -1.93. The van der Waals surface area contributed by atoms with Crippen LogP contribution in [0.5, 0.6) is 0 Å². The van der Waals surface area contributed by atoms with Crippen molar-refractivity contribution in [3.63, 3.8) is 0 Å². The summed E-state index contributed by atoms with van der Waals surface area (Å²) in [7, 11) is 1.34. The maximum Gasteiger partial charge on any atom is 1.00 e. The summed E-state index contributed by atoms with van der Waals surface area (Å²) >= 11 is 0. The first-order chi connectivity index (χ1) is 29.7. The summed E-state index contributed by atoms with van der Waals surface area (Å²) < 4.78 is 8.70.